The van der Waals surface area contributed by atoms with E-state index in [0.29, 0.717) is 11.3 Å². The van der Waals surface area contributed by atoms with E-state index >= 15 is 0 Å². The summed E-state index contributed by atoms with van der Waals surface area (Å²) < 4.78 is 73.4. The van der Waals surface area contributed by atoms with Crippen LogP contribution in [0.1, 0.15) is 42.3 Å². The van der Waals surface area contributed by atoms with Gasteiger partial charge in [-0.15, -0.1) is 0 Å². The average Bonchev–Trinajstić information content (AvgIpc) is 3.47. The van der Waals surface area contributed by atoms with Crippen molar-refractivity contribution in [3.8, 4) is 5.75 Å². The van der Waals surface area contributed by atoms with Crippen molar-refractivity contribution in [2.24, 2.45) is 5.92 Å². The molecule has 0 saturated heterocycles. The molecule has 1 amide bonds. The molecular formula is C27H37N5O9S2. The third kappa shape index (κ3) is 6.56. The first kappa shape index (κ1) is 32.4. The Balaban J connectivity index is 1.71. The molecule has 1 aliphatic rings. The summed E-state index contributed by atoms with van der Waals surface area (Å²) in [7, 11) is -6.64. The standard InChI is InChI=1S/C27H37N5O9S2/c1-15-12-32(16(2)14-33)25(34)11-21-10-22(30-42(35,36)26-17(3)28-40-19(26)5)8-9-23(21)39-24(15)13-31(7)43(37,38)27-18(4)29-41-20(27)6/h8-10,15-16,24,30,33H,11-14H2,1-7H3/t15-,16-,24-/m0/s1. The second-order valence-corrected chi connectivity index (χ2v) is 14.5. The molecule has 2 aromatic heterocycles. The zero-order valence-corrected chi connectivity index (χ0v) is 26.7. The van der Waals surface area contributed by atoms with Gasteiger partial charge in [0.05, 0.1) is 25.6 Å². The van der Waals surface area contributed by atoms with Gasteiger partial charge < -0.3 is 23.8 Å². The number of hydrogen-bond acceptors (Lipinski definition) is 11. The molecule has 0 unspecified atom stereocenters. The topological polar surface area (TPSA) is 185 Å². The largest absolute Gasteiger partial charge is 0.488 e. The monoisotopic (exact) mass is 639 g/mol. The van der Waals surface area contributed by atoms with Crippen molar-refractivity contribution < 1.29 is 40.5 Å². The van der Waals surface area contributed by atoms with E-state index in [2.05, 4.69) is 15.0 Å². The number of likely N-dealkylation sites (N-methyl/N-ethyl adjacent to an activating group) is 1. The molecule has 0 aliphatic carbocycles. The van der Waals surface area contributed by atoms with Crippen molar-refractivity contribution in [1.29, 1.82) is 0 Å². The number of carbonyl (C=O) groups excluding carboxylic acids is 1. The number of fused-ring (bicyclic) bond motifs is 1. The molecule has 236 valence electrons. The van der Waals surface area contributed by atoms with Gasteiger partial charge in [0.15, 0.2) is 16.4 Å². The molecule has 14 nitrogen and oxygen atoms in total. The number of sulfonamides is 2. The SMILES string of the molecule is Cc1noc(C)c1S(=O)(=O)Nc1ccc2c(c1)CC(=O)N([C@@H](C)CO)C[C@H](C)[C@H](CN(C)S(=O)(=O)c1c(C)noc1C)O2. The minimum Gasteiger partial charge on any atom is -0.488 e. The number of amides is 1. The maximum absolute atomic E-state index is 13.5. The van der Waals surface area contributed by atoms with E-state index < -0.39 is 32.2 Å². The molecule has 2 N–H and O–H groups in total. The molecule has 1 aromatic carbocycles. The van der Waals surface area contributed by atoms with Crippen LogP contribution in [-0.4, -0.2) is 86.3 Å². The summed E-state index contributed by atoms with van der Waals surface area (Å²) in [6.45, 7) is 9.44. The lowest BCUT2D eigenvalue weighted by molar-refractivity contribution is -0.134. The minimum absolute atomic E-state index is 0.0213. The first-order chi connectivity index (χ1) is 20.1. The Kier molecular flexibility index (Phi) is 9.25. The van der Waals surface area contributed by atoms with Crippen LogP contribution in [0.3, 0.4) is 0 Å². The second kappa shape index (κ2) is 12.3. The van der Waals surface area contributed by atoms with Crippen molar-refractivity contribution in [1.82, 2.24) is 19.5 Å². The highest BCUT2D eigenvalue weighted by molar-refractivity contribution is 7.92. The number of aliphatic hydroxyl groups is 1. The van der Waals surface area contributed by atoms with E-state index in [0.717, 1.165) is 4.31 Å². The highest BCUT2D eigenvalue weighted by atomic mass is 32.2. The summed E-state index contributed by atoms with van der Waals surface area (Å²) in [5.41, 5.74) is 0.999. The summed E-state index contributed by atoms with van der Waals surface area (Å²) in [4.78, 5) is 14.9. The number of nitrogens with zero attached hydrogens (tertiary/aromatic N) is 4. The lowest BCUT2D eigenvalue weighted by Crippen LogP contribution is -2.48. The van der Waals surface area contributed by atoms with E-state index in [4.69, 9.17) is 13.8 Å². The number of anilines is 1. The summed E-state index contributed by atoms with van der Waals surface area (Å²) in [6.07, 6.45) is -0.879. The van der Waals surface area contributed by atoms with Crippen LogP contribution in [0.25, 0.3) is 0 Å². The van der Waals surface area contributed by atoms with Gasteiger partial charge in [-0.2, -0.15) is 4.31 Å². The van der Waals surface area contributed by atoms with Gasteiger partial charge >= 0.3 is 0 Å². The van der Waals surface area contributed by atoms with Crippen LogP contribution in [0, 0.1) is 33.6 Å². The number of aromatic nitrogens is 2. The number of aryl methyl sites for hydroxylation is 4. The van der Waals surface area contributed by atoms with Gasteiger partial charge in [-0.25, -0.2) is 16.8 Å². The maximum Gasteiger partial charge on any atom is 0.267 e. The van der Waals surface area contributed by atoms with Crippen LogP contribution in [-0.2, 0) is 31.3 Å². The Bertz CT molecular complexity index is 1680. The first-order valence-electron chi connectivity index (χ1n) is 13.6. The molecule has 3 aromatic rings. The van der Waals surface area contributed by atoms with Gasteiger partial charge in [0.1, 0.15) is 28.1 Å². The summed E-state index contributed by atoms with van der Waals surface area (Å²) in [6, 6.07) is 4.02. The lowest BCUT2D eigenvalue weighted by atomic mass is 10.0. The van der Waals surface area contributed by atoms with E-state index in [1.54, 1.807) is 19.9 Å². The van der Waals surface area contributed by atoms with Gasteiger partial charge in [0.25, 0.3) is 10.0 Å². The molecule has 0 radical (unpaired) electrons. The normalized spacial score (nSPS) is 18.9. The van der Waals surface area contributed by atoms with Crippen molar-refractivity contribution in [2.75, 3.05) is 31.5 Å². The van der Waals surface area contributed by atoms with Crippen molar-refractivity contribution >= 4 is 31.6 Å². The van der Waals surface area contributed by atoms with Crippen LogP contribution < -0.4 is 9.46 Å². The average molecular weight is 640 g/mol. The Labute approximate surface area is 251 Å². The van der Waals surface area contributed by atoms with Crippen molar-refractivity contribution in [3.63, 3.8) is 0 Å². The van der Waals surface area contributed by atoms with E-state index in [9.17, 15) is 26.7 Å². The highest BCUT2D eigenvalue weighted by Crippen LogP contribution is 2.32. The zero-order valence-electron chi connectivity index (χ0n) is 25.1. The first-order valence-corrected chi connectivity index (χ1v) is 16.5. The predicted molar refractivity (Wildman–Crippen MR) is 155 cm³/mol. The molecule has 3 atom stereocenters. The number of benzene rings is 1. The van der Waals surface area contributed by atoms with E-state index in [-0.39, 0.29) is 76.3 Å². The number of aliphatic hydroxyl groups excluding tert-OH is 1. The van der Waals surface area contributed by atoms with E-state index in [1.807, 2.05) is 6.92 Å². The second-order valence-electron chi connectivity index (χ2n) is 10.9. The molecule has 3 heterocycles. The molecule has 0 fully saturated rings. The van der Waals surface area contributed by atoms with Gasteiger partial charge in [-0.3, -0.25) is 9.52 Å². The fourth-order valence-corrected chi connectivity index (χ4v) is 7.97. The number of ether oxygens (including phenoxy) is 1. The fraction of sp³-hybridized carbons (Fsp3) is 0.519. The number of rotatable bonds is 9. The third-order valence-electron chi connectivity index (χ3n) is 7.48. The molecule has 0 saturated carbocycles. The van der Waals surface area contributed by atoms with E-state index in [1.165, 1.54) is 44.9 Å². The highest BCUT2D eigenvalue weighted by Gasteiger charge is 2.35. The van der Waals surface area contributed by atoms with Crippen LogP contribution in [0.2, 0.25) is 0 Å². The smallest absolute Gasteiger partial charge is 0.267 e. The summed E-state index contributed by atoms with van der Waals surface area (Å²) in [5.74, 6) is -0.0806. The van der Waals surface area contributed by atoms with Crippen molar-refractivity contribution in [3.05, 3.63) is 46.7 Å². The third-order valence-corrected chi connectivity index (χ3v) is 11.2. The van der Waals surface area contributed by atoms with Gasteiger partial charge in [-0.1, -0.05) is 17.2 Å². The quantitative estimate of drug-likeness (QED) is 0.350. The summed E-state index contributed by atoms with van der Waals surface area (Å²) in [5, 5.41) is 17.4. The molecular weight excluding hydrogens is 602 g/mol. The number of carbonyl (C=O) groups is 1. The van der Waals surface area contributed by atoms with Gasteiger partial charge in [0.2, 0.25) is 15.9 Å². The van der Waals surface area contributed by atoms with Crippen LogP contribution >= 0.6 is 0 Å². The molecule has 1 aliphatic heterocycles. The fourth-order valence-electron chi connectivity index (χ4n) is 5.13. The zero-order chi connectivity index (χ0) is 31.9. The molecule has 4 rings (SSSR count). The molecule has 0 spiro atoms. The molecule has 16 heteroatoms. The van der Waals surface area contributed by atoms with Crippen LogP contribution in [0.15, 0.2) is 37.0 Å². The maximum atomic E-state index is 13.5. The Hall–Kier alpha value is -3.47. The Morgan fingerprint density at radius 2 is 1.67 bits per heavy atom. The Morgan fingerprint density at radius 1 is 1.07 bits per heavy atom. The minimum atomic E-state index is -4.07. The van der Waals surface area contributed by atoms with Crippen molar-refractivity contribution in [2.45, 2.75) is 69.9 Å². The molecule has 43 heavy (non-hydrogen) atoms. The number of nitrogens with one attached hydrogen (secondary N) is 1. The van der Waals surface area contributed by atoms with Crippen LogP contribution in [0.5, 0.6) is 5.75 Å². The van der Waals surface area contributed by atoms with Gasteiger partial charge in [0, 0.05) is 30.8 Å². The Morgan fingerprint density at radius 3 is 2.23 bits per heavy atom. The van der Waals surface area contributed by atoms with Gasteiger partial charge in [-0.05, 0) is 52.8 Å². The molecule has 0 bridgehead atoms. The lowest BCUT2D eigenvalue weighted by Gasteiger charge is -2.33. The predicted octanol–water partition coefficient (Wildman–Crippen LogP) is 2.17. The van der Waals surface area contributed by atoms with Crippen LogP contribution in [0.4, 0.5) is 5.69 Å². The summed E-state index contributed by atoms with van der Waals surface area (Å²) >= 11 is 0. The number of hydrogen-bond donors (Lipinski definition) is 2.